The Bertz CT molecular complexity index is 329. The minimum atomic E-state index is -1.15. The van der Waals surface area contributed by atoms with Crippen molar-refractivity contribution in [3.8, 4) is 0 Å². The van der Waals surface area contributed by atoms with Gasteiger partial charge >= 0.3 is 0 Å². The summed E-state index contributed by atoms with van der Waals surface area (Å²) in [6.45, 7) is 9.91. The Kier molecular flexibility index (Phi) is 5.37. The molecule has 96 valence electrons. The van der Waals surface area contributed by atoms with Gasteiger partial charge in [-0.3, -0.25) is 4.90 Å². The Morgan fingerprint density at radius 3 is 2.18 bits per heavy atom. The molecule has 0 atom stereocenters. The Labute approximate surface area is 107 Å². The molecule has 0 amide bonds. The third kappa shape index (κ3) is 5.02. The van der Waals surface area contributed by atoms with E-state index in [9.17, 15) is 0 Å². The average molecular weight is 251 g/mol. The van der Waals surface area contributed by atoms with E-state index in [1.807, 2.05) is 0 Å². The molecule has 0 aromatic heterocycles. The molecule has 0 aliphatic carbocycles. The molecule has 3 heteroatoms. The van der Waals surface area contributed by atoms with Crippen LogP contribution in [0.3, 0.4) is 0 Å². The van der Waals surface area contributed by atoms with Crippen LogP contribution in [-0.2, 0) is 11.3 Å². The van der Waals surface area contributed by atoms with Crippen molar-refractivity contribution in [2.75, 3.05) is 27.3 Å². The van der Waals surface area contributed by atoms with Gasteiger partial charge in [-0.15, -0.1) is 0 Å². The van der Waals surface area contributed by atoms with Gasteiger partial charge in [0.25, 0.3) is 0 Å². The zero-order valence-corrected chi connectivity index (χ0v) is 12.8. The number of nitrogens with zero attached hydrogens (tertiary/aromatic N) is 1. The van der Waals surface area contributed by atoms with Crippen molar-refractivity contribution in [1.82, 2.24) is 4.90 Å². The highest BCUT2D eigenvalue weighted by Gasteiger charge is 2.15. The Morgan fingerprint density at radius 1 is 1.12 bits per heavy atom. The number of ether oxygens (including phenoxy) is 1. The van der Waals surface area contributed by atoms with Gasteiger partial charge in [0.1, 0.15) is 0 Å². The van der Waals surface area contributed by atoms with Crippen LogP contribution in [0.2, 0.25) is 19.6 Å². The molecule has 0 heterocycles. The summed E-state index contributed by atoms with van der Waals surface area (Å²) in [5, 5.41) is 1.53. The Hall–Kier alpha value is -0.643. The molecular weight excluding hydrogens is 226 g/mol. The van der Waals surface area contributed by atoms with Gasteiger partial charge in [0.15, 0.2) is 0 Å². The Morgan fingerprint density at radius 2 is 1.71 bits per heavy atom. The van der Waals surface area contributed by atoms with E-state index < -0.39 is 8.07 Å². The van der Waals surface area contributed by atoms with E-state index in [1.165, 1.54) is 10.8 Å². The summed E-state index contributed by atoms with van der Waals surface area (Å²) in [6, 6.07) is 9.12. The van der Waals surface area contributed by atoms with Crippen LogP contribution in [0.25, 0.3) is 0 Å². The normalized spacial score (nSPS) is 12.1. The number of hydrogen-bond acceptors (Lipinski definition) is 2. The van der Waals surface area contributed by atoms with Gasteiger partial charge in [0.2, 0.25) is 0 Å². The van der Waals surface area contributed by atoms with Crippen molar-refractivity contribution in [2.24, 2.45) is 0 Å². The maximum Gasteiger partial charge on any atom is 0.0775 e. The highest BCUT2D eigenvalue weighted by Crippen LogP contribution is 2.06. The van der Waals surface area contributed by atoms with Crippen LogP contribution in [0, 0.1) is 0 Å². The lowest BCUT2D eigenvalue weighted by Gasteiger charge is -2.19. The predicted molar refractivity (Wildman–Crippen MR) is 77.6 cm³/mol. The summed E-state index contributed by atoms with van der Waals surface area (Å²) in [7, 11) is 2.73. The quantitative estimate of drug-likeness (QED) is 0.720. The molecule has 0 saturated carbocycles. The monoisotopic (exact) mass is 251 g/mol. The smallest absolute Gasteiger partial charge is 0.0775 e. The van der Waals surface area contributed by atoms with Crippen molar-refractivity contribution in [3.63, 3.8) is 0 Å². The second-order valence-electron chi connectivity index (χ2n) is 5.68. The van der Waals surface area contributed by atoms with Gasteiger partial charge in [-0.25, -0.2) is 0 Å². The number of hydrogen-bond donors (Lipinski definition) is 0. The molecule has 0 aliphatic heterocycles. The first kappa shape index (κ1) is 14.4. The zero-order chi connectivity index (χ0) is 12.9. The first-order valence-corrected chi connectivity index (χ1v) is 9.70. The van der Waals surface area contributed by atoms with Gasteiger partial charge in [-0.2, -0.15) is 0 Å². The van der Waals surface area contributed by atoms with Gasteiger partial charge in [0, 0.05) is 20.2 Å². The molecular formula is C14H25NOSi. The molecule has 1 rings (SSSR count). The summed E-state index contributed by atoms with van der Waals surface area (Å²) < 4.78 is 5.08. The molecule has 0 fully saturated rings. The van der Waals surface area contributed by atoms with Crippen LogP contribution in [0.4, 0.5) is 0 Å². The van der Waals surface area contributed by atoms with E-state index in [0.29, 0.717) is 0 Å². The molecule has 2 nitrogen and oxygen atoms in total. The number of benzene rings is 1. The average Bonchev–Trinajstić information content (AvgIpc) is 2.26. The van der Waals surface area contributed by atoms with Crippen LogP contribution in [0.1, 0.15) is 5.56 Å². The molecule has 0 saturated heterocycles. The van der Waals surface area contributed by atoms with E-state index in [2.05, 4.69) is 55.9 Å². The Balaban J connectivity index is 2.56. The minimum absolute atomic E-state index is 0.795. The lowest BCUT2D eigenvalue weighted by atomic mass is 10.2. The van der Waals surface area contributed by atoms with E-state index in [1.54, 1.807) is 7.11 Å². The molecule has 17 heavy (non-hydrogen) atoms. The van der Waals surface area contributed by atoms with Crippen LogP contribution in [-0.4, -0.2) is 40.3 Å². The van der Waals surface area contributed by atoms with E-state index in [-0.39, 0.29) is 0 Å². The van der Waals surface area contributed by atoms with Gasteiger partial charge in [-0.1, -0.05) is 49.1 Å². The summed E-state index contributed by atoms with van der Waals surface area (Å²) in [6.07, 6.45) is 0. The molecule has 0 spiro atoms. The number of likely N-dealkylation sites (N-methyl/N-ethyl adjacent to an activating group) is 1. The summed E-state index contributed by atoms with van der Waals surface area (Å²) >= 11 is 0. The largest absolute Gasteiger partial charge is 0.383 e. The van der Waals surface area contributed by atoms with Crippen LogP contribution >= 0.6 is 0 Å². The van der Waals surface area contributed by atoms with Gasteiger partial charge in [-0.05, 0) is 12.6 Å². The van der Waals surface area contributed by atoms with Crippen molar-refractivity contribution in [1.29, 1.82) is 0 Å². The maximum absolute atomic E-state index is 5.08. The first-order chi connectivity index (χ1) is 7.93. The third-order valence-electron chi connectivity index (χ3n) is 2.95. The van der Waals surface area contributed by atoms with E-state index in [4.69, 9.17) is 4.74 Å². The van der Waals surface area contributed by atoms with E-state index in [0.717, 1.165) is 19.7 Å². The lowest BCUT2D eigenvalue weighted by molar-refractivity contribution is 0.158. The van der Waals surface area contributed by atoms with Gasteiger partial charge in [0.05, 0.1) is 14.7 Å². The number of methoxy groups -OCH3 is 1. The topological polar surface area (TPSA) is 12.5 Å². The summed E-state index contributed by atoms with van der Waals surface area (Å²) in [5.74, 6) is 0. The molecule has 0 unspecified atom stereocenters. The second-order valence-corrected chi connectivity index (χ2v) is 10.8. The van der Waals surface area contributed by atoms with Crippen molar-refractivity contribution < 1.29 is 4.74 Å². The van der Waals surface area contributed by atoms with Crippen LogP contribution in [0.5, 0.6) is 0 Å². The highest BCUT2D eigenvalue weighted by atomic mass is 28.3. The molecule has 0 radical (unpaired) electrons. The molecule has 0 bridgehead atoms. The van der Waals surface area contributed by atoms with Crippen molar-refractivity contribution in [3.05, 3.63) is 29.8 Å². The fourth-order valence-electron chi connectivity index (χ4n) is 1.75. The second kappa shape index (κ2) is 6.33. The number of rotatable bonds is 6. The first-order valence-electron chi connectivity index (χ1n) is 6.20. The maximum atomic E-state index is 5.08. The lowest BCUT2D eigenvalue weighted by Crippen LogP contribution is -2.37. The highest BCUT2D eigenvalue weighted by molar-refractivity contribution is 6.88. The molecule has 1 aromatic carbocycles. The fourth-order valence-corrected chi connectivity index (χ4v) is 2.91. The molecule has 0 N–H and O–H groups in total. The van der Waals surface area contributed by atoms with Crippen LogP contribution < -0.4 is 5.19 Å². The predicted octanol–water partition coefficient (Wildman–Crippen LogP) is 2.31. The van der Waals surface area contributed by atoms with Crippen molar-refractivity contribution >= 4 is 13.3 Å². The molecule has 0 aliphatic rings. The van der Waals surface area contributed by atoms with Crippen molar-refractivity contribution in [2.45, 2.75) is 26.2 Å². The standard InChI is InChI=1S/C14H25NOSi/c1-15(10-11-16-2)12-13-6-8-14(9-7-13)17(3,4)5/h6-9H,10-12H2,1-5H3. The van der Waals surface area contributed by atoms with Crippen LogP contribution in [0.15, 0.2) is 24.3 Å². The zero-order valence-electron chi connectivity index (χ0n) is 11.8. The fraction of sp³-hybridized carbons (Fsp3) is 0.571. The summed E-state index contributed by atoms with van der Waals surface area (Å²) in [5.41, 5.74) is 1.38. The summed E-state index contributed by atoms with van der Waals surface area (Å²) in [4.78, 5) is 2.28. The third-order valence-corrected chi connectivity index (χ3v) is 5.01. The van der Waals surface area contributed by atoms with E-state index >= 15 is 0 Å². The van der Waals surface area contributed by atoms with Gasteiger partial charge < -0.3 is 4.74 Å². The molecule has 1 aromatic rings. The minimum Gasteiger partial charge on any atom is -0.383 e. The SMILES string of the molecule is COCCN(C)Cc1ccc([Si](C)(C)C)cc1.